The van der Waals surface area contributed by atoms with Crippen molar-refractivity contribution in [3.05, 3.63) is 76.0 Å². The van der Waals surface area contributed by atoms with Gasteiger partial charge >= 0.3 is 6.18 Å². The van der Waals surface area contributed by atoms with Crippen molar-refractivity contribution in [1.29, 1.82) is 0 Å². The van der Waals surface area contributed by atoms with Crippen molar-refractivity contribution in [3.8, 4) is 0 Å². The van der Waals surface area contributed by atoms with Crippen LogP contribution >= 0.6 is 35.0 Å². The first-order valence-corrected chi connectivity index (χ1v) is 12.5. The Morgan fingerprint density at radius 2 is 1.85 bits per heavy atom. The van der Waals surface area contributed by atoms with Crippen LogP contribution in [0.25, 0.3) is 0 Å². The molecule has 33 heavy (non-hydrogen) atoms. The highest BCUT2D eigenvalue weighted by Gasteiger charge is 2.31. The molecule has 0 spiro atoms. The zero-order chi connectivity index (χ0) is 24.2. The molecular weight excluding hydrogens is 522 g/mol. The van der Waals surface area contributed by atoms with Crippen molar-refractivity contribution in [2.75, 3.05) is 16.8 Å². The molecule has 0 aliphatic heterocycles. The Labute approximate surface area is 201 Å². The van der Waals surface area contributed by atoms with Crippen LogP contribution in [0.1, 0.15) is 15.9 Å². The third-order valence-electron chi connectivity index (χ3n) is 4.17. The molecule has 0 saturated heterocycles. The number of nitrogens with one attached hydrogen (secondary N) is 1. The number of thioether (sulfide) groups is 1. The lowest BCUT2D eigenvalue weighted by atomic mass is 10.2. The van der Waals surface area contributed by atoms with Gasteiger partial charge in [0.25, 0.3) is 5.91 Å². The largest absolute Gasteiger partial charge is 0.417 e. The monoisotopic (exact) mass is 535 g/mol. The molecule has 2 aromatic heterocycles. The molecule has 0 unspecified atom stereocenters. The minimum absolute atomic E-state index is 0.00989. The number of alkyl halides is 3. The van der Waals surface area contributed by atoms with Crippen molar-refractivity contribution in [2.24, 2.45) is 0 Å². The summed E-state index contributed by atoms with van der Waals surface area (Å²) in [4.78, 5) is 20.2. The van der Waals surface area contributed by atoms with Crippen LogP contribution in [0, 0.1) is 0 Å². The standard InChI is InChI=1S/C20H14Cl2F3N3O3S2/c21-13-4-5-16(15(22)10-13)28-18(29)14-2-1-7-26-19(14)32-8-9-33(30,31)17-6-3-12(11-27-17)20(23,24)25/h1-7,10-11H,8-9H2,(H,28,29). The first-order valence-electron chi connectivity index (χ1n) is 9.07. The number of halogens is 5. The quantitative estimate of drug-likeness (QED) is 0.395. The average Bonchev–Trinajstić information content (AvgIpc) is 2.75. The first kappa shape index (κ1) is 25.3. The lowest BCUT2D eigenvalue weighted by Crippen LogP contribution is -2.15. The topological polar surface area (TPSA) is 89.0 Å². The maximum atomic E-state index is 12.7. The van der Waals surface area contributed by atoms with E-state index in [4.69, 9.17) is 23.2 Å². The third-order valence-corrected chi connectivity index (χ3v) is 7.60. The van der Waals surface area contributed by atoms with Gasteiger partial charge in [0.15, 0.2) is 14.9 Å². The second-order valence-corrected chi connectivity index (χ2v) is 10.5. The van der Waals surface area contributed by atoms with E-state index >= 15 is 0 Å². The summed E-state index contributed by atoms with van der Waals surface area (Å²) in [6.07, 6.45) is -2.69. The summed E-state index contributed by atoms with van der Waals surface area (Å²) < 4.78 is 62.8. The molecule has 3 rings (SSSR count). The molecule has 0 bridgehead atoms. The van der Waals surface area contributed by atoms with Gasteiger partial charge in [-0.3, -0.25) is 4.79 Å². The maximum absolute atomic E-state index is 12.7. The molecule has 6 nitrogen and oxygen atoms in total. The molecule has 1 N–H and O–H groups in total. The van der Waals surface area contributed by atoms with Crippen LogP contribution in [0.2, 0.25) is 10.0 Å². The SMILES string of the molecule is O=C(Nc1ccc(Cl)cc1Cl)c1cccnc1SCCS(=O)(=O)c1ccc(C(F)(F)F)cn1. The number of amides is 1. The summed E-state index contributed by atoms with van der Waals surface area (Å²) in [6.45, 7) is 0. The zero-order valence-corrected chi connectivity index (χ0v) is 19.6. The summed E-state index contributed by atoms with van der Waals surface area (Å²) in [5.74, 6) is -0.942. The predicted octanol–water partition coefficient (Wildman–Crippen LogP) is 5.62. The van der Waals surface area contributed by atoms with Crippen LogP contribution in [0.15, 0.2) is 64.9 Å². The van der Waals surface area contributed by atoms with E-state index in [-0.39, 0.29) is 21.4 Å². The number of sulfone groups is 1. The molecular formula is C20H14Cl2F3N3O3S2. The molecule has 174 valence electrons. The fourth-order valence-electron chi connectivity index (χ4n) is 2.54. The lowest BCUT2D eigenvalue weighted by Gasteiger charge is -2.11. The number of hydrogen-bond acceptors (Lipinski definition) is 6. The molecule has 0 fully saturated rings. The molecule has 3 aromatic rings. The summed E-state index contributed by atoms with van der Waals surface area (Å²) >= 11 is 12.9. The molecule has 0 radical (unpaired) electrons. The highest BCUT2D eigenvalue weighted by molar-refractivity contribution is 8.00. The minimum atomic E-state index is -4.61. The predicted molar refractivity (Wildman–Crippen MR) is 121 cm³/mol. The van der Waals surface area contributed by atoms with E-state index in [1.54, 1.807) is 12.1 Å². The average molecular weight is 536 g/mol. The number of anilines is 1. The second-order valence-electron chi connectivity index (χ2n) is 6.48. The summed E-state index contributed by atoms with van der Waals surface area (Å²) in [6, 6.07) is 9.11. The molecule has 0 saturated carbocycles. The van der Waals surface area contributed by atoms with Crippen molar-refractivity contribution in [2.45, 2.75) is 16.2 Å². The van der Waals surface area contributed by atoms with Gasteiger partial charge in [-0.1, -0.05) is 23.2 Å². The Hall–Kier alpha value is -2.34. The van der Waals surface area contributed by atoms with Gasteiger partial charge in [-0.2, -0.15) is 13.2 Å². The van der Waals surface area contributed by atoms with E-state index in [1.165, 1.54) is 24.4 Å². The van der Waals surface area contributed by atoms with Gasteiger partial charge in [0.1, 0.15) is 5.03 Å². The molecule has 1 amide bonds. The van der Waals surface area contributed by atoms with Gasteiger partial charge < -0.3 is 5.32 Å². The van der Waals surface area contributed by atoms with Crippen LogP contribution < -0.4 is 5.32 Å². The third kappa shape index (κ3) is 6.59. The molecule has 0 aliphatic carbocycles. The molecule has 1 aromatic carbocycles. The van der Waals surface area contributed by atoms with Crippen LogP contribution in [0.4, 0.5) is 18.9 Å². The van der Waals surface area contributed by atoms with Gasteiger partial charge in [-0.25, -0.2) is 18.4 Å². The van der Waals surface area contributed by atoms with Crippen LogP contribution in [0.5, 0.6) is 0 Å². The van der Waals surface area contributed by atoms with E-state index < -0.39 is 38.3 Å². The van der Waals surface area contributed by atoms with Gasteiger partial charge in [0, 0.05) is 23.2 Å². The summed E-state index contributed by atoms with van der Waals surface area (Å²) in [5, 5.41) is 3.09. The highest BCUT2D eigenvalue weighted by Crippen LogP contribution is 2.30. The number of nitrogens with zero attached hydrogens (tertiary/aromatic N) is 2. The Balaban J connectivity index is 1.68. The van der Waals surface area contributed by atoms with Gasteiger partial charge in [-0.05, 0) is 42.5 Å². The lowest BCUT2D eigenvalue weighted by molar-refractivity contribution is -0.137. The van der Waals surface area contributed by atoms with E-state index in [9.17, 15) is 26.4 Å². The van der Waals surface area contributed by atoms with Gasteiger partial charge in [-0.15, -0.1) is 11.8 Å². The smallest absolute Gasteiger partial charge is 0.321 e. The Bertz CT molecular complexity index is 1270. The van der Waals surface area contributed by atoms with Crippen LogP contribution in [-0.2, 0) is 16.0 Å². The van der Waals surface area contributed by atoms with E-state index in [1.807, 2.05) is 0 Å². The van der Waals surface area contributed by atoms with Gasteiger partial charge in [0.2, 0.25) is 0 Å². The summed E-state index contributed by atoms with van der Waals surface area (Å²) in [5.41, 5.74) is -0.513. The van der Waals surface area contributed by atoms with E-state index in [0.717, 1.165) is 17.8 Å². The number of aromatic nitrogens is 2. The van der Waals surface area contributed by atoms with Crippen LogP contribution in [0.3, 0.4) is 0 Å². The number of rotatable bonds is 7. The molecule has 13 heteroatoms. The molecule has 2 heterocycles. The molecule has 0 atom stereocenters. The first-order chi connectivity index (χ1) is 15.5. The fraction of sp³-hybridized carbons (Fsp3) is 0.150. The van der Waals surface area contributed by atoms with E-state index in [2.05, 4.69) is 15.3 Å². The second kappa shape index (κ2) is 10.3. The van der Waals surface area contributed by atoms with E-state index in [0.29, 0.717) is 23.0 Å². The van der Waals surface area contributed by atoms with Crippen molar-refractivity contribution < 1.29 is 26.4 Å². The number of pyridine rings is 2. The molecule has 0 aliphatic rings. The van der Waals surface area contributed by atoms with Crippen molar-refractivity contribution in [1.82, 2.24) is 9.97 Å². The maximum Gasteiger partial charge on any atom is 0.417 e. The Morgan fingerprint density at radius 1 is 1.09 bits per heavy atom. The normalized spacial score (nSPS) is 11.9. The fourth-order valence-corrected chi connectivity index (χ4v) is 5.55. The Morgan fingerprint density at radius 3 is 2.48 bits per heavy atom. The zero-order valence-electron chi connectivity index (χ0n) is 16.4. The van der Waals surface area contributed by atoms with Gasteiger partial charge in [0.05, 0.1) is 27.6 Å². The number of hydrogen-bond donors (Lipinski definition) is 1. The van der Waals surface area contributed by atoms with Crippen molar-refractivity contribution in [3.63, 3.8) is 0 Å². The number of benzene rings is 1. The minimum Gasteiger partial charge on any atom is -0.321 e. The number of carbonyl (C=O) groups is 1. The van der Waals surface area contributed by atoms with Crippen LogP contribution in [-0.4, -0.2) is 35.8 Å². The van der Waals surface area contributed by atoms with Crippen molar-refractivity contribution >= 4 is 56.4 Å². The Kier molecular flexibility index (Phi) is 7.88. The summed E-state index contributed by atoms with van der Waals surface area (Å²) in [7, 11) is -3.94. The highest BCUT2D eigenvalue weighted by atomic mass is 35.5. The number of carbonyl (C=O) groups excluding carboxylic acids is 1.